The number of aliphatic carboxylic acids is 1. The van der Waals surface area contributed by atoms with Crippen LogP contribution in [0.15, 0.2) is 24.8 Å². The lowest BCUT2D eigenvalue weighted by Gasteiger charge is -2.30. The highest BCUT2D eigenvalue weighted by atomic mass is 16.5. The van der Waals surface area contributed by atoms with Crippen molar-refractivity contribution in [3.8, 4) is 0 Å². The van der Waals surface area contributed by atoms with Crippen LogP contribution in [0.2, 0.25) is 0 Å². The number of allylic oxidation sites excluding steroid dienone is 1. The second-order valence-electron chi connectivity index (χ2n) is 3.63. The standard InChI is InChI=1S/C11H16O3/c1-3-4-9-6-14-7-10(8(9)2)5-11(12)13/h3,9-10H,1-2,4-7H2,(H,12,13). The van der Waals surface area contributed by atoms with Crippen LogP contribution in [0.25, 0.3) is 0 Å². The van der Waals surface area contributed by atoms with Gasteiger partial charge < -0.3 is 9.84 Å². The lowest BCUT2D eigenvalue weighted by molar-refractivity contribution is -0.138. The third-order valence-corrected chi connectivity index (χ3v) is 2.56. The average Bonchev–Trinajstić information content (AvgIpc) is 2.11. The Labute approximate surface area is 84.1 Å². The molecule has 0 spiro atoms. The maximum atomic E-state index is 10.6. The number of rotatable bonds is 4. The van der Waals surface area contributed by atoms with E-state index in [0.717, 1.165) is 12.0 Å². The maximum Gasteiger partial charge on any atom is 0.304 e. The monoisotopic (exact) mass is 196 g/mol. The third-order valence-electron chi connectivity index (χ3n) is 2.56. The van der Waals surface area contributed by atoms with Gasteiger partial charge in [0.05, 0.1) is 19.6 Å². The predicted molar refractivity (Wildman–Crippen MR) is 54.0 cm³/mol. The molecule has 0 saturated carbocycles. The Bertz CT molecular complexity index is 245. The summed E-state index contributed by atoms with van der Waals surface area (Å²) in [6, 6.07) is 0. The number of hydrogen-bond acceptors (Lipinski definition) is 2. The summed E-state index contributed by atoms with van der Waals surface area (Å²) in [5.74, 6) is -0.587. The predicted octanol–water partition coefficient (Wildman–Crippen LogP) is 1.86. The van der Waals surface area contributed by atoms with Crippen molar-refractivity contribution >= 4 is 5.97 Å². The fourth-order valence-electron chi connectivity index (χ4n) is 1.72. The van der Waals surface area contributed by atoms with E-state index < -0.39 is 5.97 Å². The molecular weight excluding hydrogens is 180 g/mol. The Morgan fingerprint density at radius 2 is 2.21 bits per heavy atom. The molecule has 1 fully saturated rings. The highest BCUT2D eigenvalue weighted by molar-refractivity contribution is 5.67. The summed E-state index contributed by atoms with van der Waals surface area (Å²) in [7, 11) is 0. The van der Waals surface area contributed by atoms with Gasteiger partial charge in [0, 0.05) is 11.8 Å². The molecule has 1 heterocycles. The van der Waals surface area contributed by atoms with Gasteiger partial charge in [-0.15, -0.1) is 6.58 Å². The van der Waals surface area contributed by atoms with Gasteiger partial charge in [0.1, 0.15) is 0 Å². The summed E-state index contributed by atoms with van der Waals surface area (Å²) in [5, 5.41) is 8.68. The second kappa shape index (κ2) is 4.96. The van der Waals surface area contributed by atoms with E-state index in [9.17, 15) is 4.79 Å². The summed E-state index contributed by atoms with van der Waals surface area (Å²) in [4.78, 5) is 10.6. The molecule has 0 aliphatic carbocycles. The van der Waals surface area contributed by atoms with Crippen molar-refractivity contribution in [3.05, 3.63) is 24.8 Å². The number of carboxylic acid groups (broad SMARTS) is 1. The molecule has 1 aliphatic heterocycles. The smallest absolute Gasteiger partial charge is 0.304 e. The summed E-state index contributed by atoms with van der Waals surface area (Å²) in [6.07, 6.45) is 2.75. The van der Waals surface area contributed by atoms with E-state index in [0.29, 0.717) is 13.2 Å². The Morgan fingerprint density at radius 1 is 1.57 bits per heavy atom. The number of carboxylic acids is 1. The molecule has 1 saturated heterocycles. The Balaban J connectivity index is 2.56. The highest BCUT2D eigenvalue weighted by Gasteiger charge is 2.27. The number of hydrogen-bond donors (Lipinski definition) is 1. The van der Waals surface area contributed by atoms with Crippen molar-refractivity contribution in [2.24, 2.45) is 11.8 Å². The van der Waals surface area contributed by atoms with Crippen LogP contribution < -0.4 is 0 Å². The van der Waals surface area contributed by atoms with Gasteiger partial charge in [-0.05, 0) is 6.42 Å². The number of carbonyl (C=O) groups is 1. The Kier molecular flexibility index (Phi) is 3.89. The number of ether oxygens (including phenoxy) is 1. The van der Waals surface area contributed by atoms with E-state index in [1.54, 1.807) is 0 Å². The molecule has 14 heavy (non-hydrogen) atoms. The molecule has 2 atom stereocenters. The van der Waals surface area contributed by atoms with Gasteiger partial charge in [-0.25, -0.2) is 0 Å². The van der Waals surface area contributed by atoms with Gasteiger partial charge in [-0.3, -0.25) is 4.79 Å². The van der Waals surface area contributed by atoms with Crippen molar-refractivity contribution in [1.29, 1.82) is 0 Å². The molecule has 0 bridgehead atoms. The molecule has 0 aromatic rings. The van der Waals surface area contributed by atoms with E-state index in [4.69, 9.17) is 9.84 Å². The fraction of sp³-hybridized carbons (Fsp3) is 0.545. The molecule has 78 valence electrons. The van der Waals surface area contributed by atoms with Gasteiger partial charge >= 0.3 is 5.97 Å². The van der Waals surface area contributed by atoms with Crippen LogP contribution in [-0.4, -0.2) is 24.3 Å². The van der Waals surface area contributed by atoms with Crippen molar-refractivity contribution in [3.63, 3.8) is 0 Å². The first-order valence-electron chi connectivity index (χ1n) is 4.74. The fourth-order valence-corrected chi connectivity index (χ4v) is 1.72. The first kappa shape index (κ1) is 11.0. The third kappa shape index (κ3) is 2.70. The lowest BCUT2D eigenvalue weighted by Crippen LogP contribution is -2.29. The van der Waals surface area contributed by atoms with Crippen molar-refractivity contribution in [2.45, 2.75) is 12.8 Å². The zero-order chi connectivity index (χ0) is 10.6. The molecule has 1 rings (SSSR count). The normalized spacial score (nSPS) is 27.3. The first-order chi connectivity index (χ1) is 6.65. The summed E-state index contributed by atoms with van der Waals surface area (Å²) < 4.78 is 5.35. The second-order valence-corrected chi connectivity index (χ2v) is 3.63. The zero-order valence-electron chi connectivity index (χ0n) is 8.24. The molecule has 1 aliphatic rings. The van der Waals surface area contributed by atoms with Crippen molar-refractivity contribution in [1.82, 2.24) is 0 Å². The Morgan fingerprint density at radius 3 is 2.79 bits per heavy atom. The molecule has 0 aromatic carbocycles. The van der Waals surface area contributed by atoms with E-state index >= 15 is 0 Å². The summed E-state index contributed by atoms with van der Waals surface area (Å²) in [6.45, 7) is 8.74. The maximum absolute atomic E-state index is 10.6. The summed E-state index contributed by atoms with van der Waals surface area (Å²) in [5.41, 5.74) is 0.999. The molecular formula is C11H16O3. The molecule has 0 amide bonds. The topological polar surface area (TPSA) is 46.5 Å². The van der Waals surface area contributed by atoms with Crippen molar-refractivity contribution < 1.29 is 14.6 Å². The van der Waals surface area contributed by atoms with Crippen molar-refractivity contribution in [2.75, 3.05) is 13.2 Å². The minimum atomic E-state index is -0.793. The van der Waals surface area contributed by atoms with Gasteiger partial charge in [-0.2, -0.15) is 0 Å². The van der Waals surface area contributed by atoms with E-state index in [1.807, 2.05) is 6.08 Å². The van der Waals surface area contributed by atoms with Crippen LogP contribution in [0, 0.1) is 11.8 Å². The Hall–Kier alpha value is -1.09. The molecule has 3 nitrogen and oxygen atoms in total. The van der Waals surface area contributed by atoms with E-state index in [-0.39, 0.29) is 18.3 Å². The SMILES string of the molecule is C=CCC1COCC(CC(=O)O)C1=C. The van der Waals surface area contributed by atoms with Crippen LogP contribution in [0.5, 0.6) is 0 Å². The minimum absolute atomic E-state index is 0.0359. The zero-order valence-corrected chi connectivity index (χ0v) is 8.24. The molecule has 2 unspecified atom stereocenters. The van der Waals surface area contributed by atoms with Gasteiger partial charge in [-0.1, -0.05) is 18.2 Å². The van der Waals surface area contributed by atoms with Crippen LogP contribution in [0.3, 0.4) is 0 Å². The van der Waals surface area contributed by atoms with E-state index in [2.05, 4.69) is 13.2 Å². The van der Waals surface area contributed by atoms with Crippen LogP contribution in [-0.2, 0) is 9.53 Å². The molecule has 3 heteroatoms. The van der Waals surface area contributed by atoms with E-state index in [1.165, 1.54) is 0 Å². The van der Waals surface area contributed by atoms with Gasteiger partial charge in [0.2, 0.25) is 0 Å². The minimum Gasteiger partial charge on any atom is -0.481 e. The quantitative estimate of drug-likeness (QED) is 0.698. The largest absolute Gasteiger partial charge is 0.481 e. The average molecular weight is 196 g/mol. The van der Waals surface area contributed by atoms with Crippen LogP contribution >= 0.6 is 0 Å². The molecule has 1 N–H and O–H groups in total. The highest BCUT2D eigenvalue weighted by Crippen LogP contribution is 2.29. The summed E-state index contributed by atoms with van der Waals surface area (Å²) >= 11 is 0. The van der Waals surface area contributed by atoms with Gasteiger partial charge in [0.25, 0.3) is 0 Å². The lowest BCUT2D eigenvalue weighted by atomic mass is 9.84. The molecule has 0 radical (unpaired) electrons. The van der Waals surface area contributed by atoms with Gasteiger partial charge in [0.15, 0.2) is 0 Å². The van der Waals surface area contributed by atoms with Crippen LogP contribution in [0.1, 0.15) is 12.8 Å². The first-order valence-corrected chi connectivity index (χ1v) is 4.74. The molecule has 0 aromatic heterocycles. The van der Waals surface area contributed by atoms with Crippen LogP contribution in [0.4, 0.5) is 0 Å².